The first-order valence-electron chi connectivity index (χ1n) is 6.79. The highest BCUT2D eigenvalue weighted by molar-refractivity contribution is 8.00. The lowest BCUT2D eigenvalue weighted by atomic mass is 9.88. The third-order valence-corrected chi connectivity index (χ3v) is 5.00. The number of nitrogens with one attached hydrogen (secondary N) is 2. The zero-order valence-corrected chi connectivity index (χ0v) is 12.0. The molecule has 1 aliphatic carbocycles. The van der Waals surface area contributed by atoms with Gasteiger partial charge in [0.15, 0.2) is 0 Å². The van der Waals surface area contributed by atoms with Crippen molar-refractivity contribution in [3.8, 4) is 0 Å². The zero-order valence-electron chi connectivity index (χ0n) is 11.2. The fourth-order valence-corrected chi connectivity index (χ4v) is 3.25. The fourth-order valence-electron chi connectivity index (χ4n) is 2.33. The quantitative estimate of drug-likeness (QED) is 0.719. The van der Waals surface area contributed by atoms with Gasteiger partial charge in [-0.05, 0) is 25.5 Å². The largest absolute Gasteiger partial charge is 0.338 e. The van der Waals surface area contributed by atoms with Crippen molar-refractivity contribution in [2.45, 2.75) is 56.6 Å². The van der Waals surface area contributed by atoms with E-state index in [1.165, 1.54) is 32.1 Å². The molecule has 0 aliphatic heterocycles. The van der Waals surface area contributed by atoms with Crippen LogP contribution in [0.15, 0.2) is 0 Å². The Morgan fingerprint density at radius 2 is 1.94 bits per heavy atom. The van der Waals surface area contributed by atoms with E-state index >= 15 is 0 Å². The molecule has 1 saturated carbocycles. The zero-order chi connectivity index (χ0) is 12.6. The molecule has 0 aromatic carbocycles. The standard InChI is InChI=1S/C13H26N2OS/c1-3-4-10-14-12(16)15-11-13(17-2)8-6-5-7-9-13/h3-11H2,1-2H3,(H2,14,15,16). The van der Waals surface area contributed by atoms with Gasteiger partial charge in [0, 0.05) is 17.8 Å². The van der Waals surface area contributed by atoms with E-state index in [0.29, 0.717) is 4.75 Å². The Balaban J connectivity index is 2.24. The van der Waals surface area contributed by atoms with Gasteiger partial charge in [0.25, 0.3) is 0 Å². The van der Waals surface area contributed by atoms with Crippen molar-refractivity contribution in [1.29, 1.82) is 0 Å². The second-order valence-corrected chi connectivity index (χ2v) is 6.19. The Morgan fingerprint density at radius 1 is 1.24 bits per heavy atom. The summed E-state index contributed by atoms with van der Waals surface area (Å²) in [6.07, 6.45) is 10.8. The monoisotopic (exact) mass is 258 g/mol. The van der Waals surface area contributed by atoms with Gasteiger partial charge in [0.05, 0.1) is 0 Å². The summed E-state index contributed by atoms with van der Waals surface area (Å²) in [4.78, 5) is 11.6. The lowest BCUT2D eigenvalue weighted by molar-refractivity contribution is 0.238. The number of rotatable bonds is 6. The lowest BCUT2D eigenvalue weighted by Gasteiger charge is -2.35. The molecule has 17 heavy (non-hydrogen) atoms. The third-order valence-electron chi connectivity index (χ3n) is 3.58. The normalized spacial score (nSPS) is 18.7. The minimum Gasteiger partial charge on any atom is -0.338 e. The third kappa shape index (κ3) is 5.19. The van der Waals surface area contributed by atoms with Crippen LogP contribution in [-0.4, -0.2) is 30.1 Å². The maximum Gasteiger partial charge on any atom is 0.314 e. The summed E-state index contributed by atoms with van der Waals surface area (Å²) in [6, 6.07) is -0.00236. The van der Waals surface area contributed by atoms with Crippen LogP contribution >= 0.6 is 11.8 Å². The Kier molecular flexibility index (Phi) is 6.78. The van der Waals surface area contributed by atoms with Crippen LogP contribution in [0.2, 0.25) is 0 Å². The molecule has 4 heteroatoms. The number of hydrogen-bond donors (Lipinski definition) is 2. The smallest absolute Gasteiger partial charge is 0.314 e. The summed E-state index contributed by atoms with van der Waals surface area (Å²) in [5.74, 6) is 0. The Bertz CT molecular complexity index is 227. The first kappa shape index (κ1) is 14.7. The predicted octanol–water partition coefficient (Wildman–Crippen LogP) is 3.15. The average Bonchev–Trinajstić information content (AvgIpc) is 2.38. The molecule has 0 unspecified atom stereocenters. The summed E-state index contributed by atoms with van der Waals surface area (Å²) in [5.41, 5.74) is 0. The SMILES string of the molecule is CCCCNC(=O)NCC1(SC)CCCCC1. The lowest BCUT2D eigenvalue weighted by Crippen LogP contribution is -2.45. The maximum absolute atomic E-state index is 11.6. The molecular weight excluding hydrogens is 232 g/mol. The van der Waals surface area contributed by atoms with Gasteiger partial charge < -0.3 is 10.6 Å². The van der Waals surface area contributed by atoms with Crippen molar-refractivity contribution in [3.05, 3.63) is 0 Å². The highest BCUT2D eigenvalue weighted by Crippen LogP contribution is 2.37. The van der Waals surface area contributed by atoms with Crippen LogP contribution in [0.4, 0.5) is 4.79 Å². The second-order valence-electron chi connectivity index (χ2n) is 4.91. The Morgan fingerprint density at radius 3 is 2.53 bits per heavy atom. The molecule has 0 aromatic heterocycles. The first-order chi connectivity index (χ1) is 8.22. The second kappa shape index (κ2) is 7.85. The van der Waals surface area contributed by atoms with Crippen LogP contribution in [0.25, 0.3) is 0 Å². The van der Waals surface area contributed by atoms with E-state index in [9.17, 15) is 4.79 Å². The number of urea groups is 1. The molecule has 0 atom stereocenters. The summed E-state index contributed by atoms with van der Waals surface area (Å²) in [7, 11) is 0. The highest BCUT2D eigenvalue weighted by Gasteiger charge is 2.31. The number of amides is 2. The van der Waals surface area contributed by atoms with E-state index in [0.717, 1.165) is 25.9 Å². The summed E-state index contributed by atoms with van der Waals surface area (Å²) in [5, 5.41) is 5.94. The molecule has 2 amide bonds. The molecule has 0 bridgehead atoms. The molecule has 1 rings (SSSR count). The molecule has 3 nitrogen and oxygen atoms in total. The molecule has 2 N–H and O–H groups in total. The molecule has 1 aliphatic rings. The van der Waals surface area contributed by atoms with Crippen molar-refractivity contribution in [3.63, 3.8) is 0 Å². The minimum absolute atomic E-state index is 0.00236. The van der Waals surface area contributed by atoms with E-state index in [2.05, 4.69) is 23.8 Å². The van der Waals surface area contributed by atoms with Crippen LogP contribution < -0.4 is 10.6 Å². The Hall–Kier alpha value is -0.380. The number of carbonyl (C=O) groups excluding carboxylic acids is 1. The van der Waals surface area contributed by atoms with E-state index in [1.807, 2.05) is 11.8 Å². The fraction of sp³-hybridized carbons (Fsp3) is 0.923. The van der Waals surface area contributed by atoms with Gasteiger partial charge >= 0.3 is 6.03 Å². The van der Waals surface area contributed by atoms with Crippen LogP contribution in [-0.2, 0) is 0 Å². The van der Waals surface area contributed by atoms with Crippen molar-refractivity contribution >= 4 is 17.8 Å². The van der Waals surface area contributed by atoms with Crippen molar-refractivity contribution in [1.82, 2.24) is 10.6 Å². The summed E-state index contributed by atoms with van der Waals surface area (Å²) in [6.45, 7) is 3.73. The average molecular weight is 258 g/mol. The van der Waals surface area contributed by atoms with Gasteiger partial charge in [-0.15, -0.1) is 0 Å². The van der Waals surface area contributed by atoms with Gasteiger partial charge in [-0.2, -0.15) is 11.8 Å². The molecule has 0 radical (unpaired) electrons. The molecule has 0 saturated heterocycles. The van der Waals surface area contributed by atoms with Gasteiger partial charge in [0.1, 0.15) is 0 Å². The number of unbranched alkanes of at least 4 members (excludes halogenated alkanes) is 1. The van der Waals surface area contributed by atoms with Gasteiger partial charge in [-0.25, -0.2) is 4.79 Å². The number of thioether (sulfide) groups is 1. The topological polar surface area (TPSA) is 41.1 Å². The maximum atomic E-state index is 11.6. The molecule has 0 aromatic rings. The number of carbonyl (C=O) groups is 1. The molecular formula is C13H26N2OS. The molecule has 0 spiro atoms. The number of hydrogen-bond acceptors (Lipinski definition) is 2. The van der Waals surface area contributed by atoms with Crippen LogP contribution in [0.1, 0.15) is 51.9 Å². The Labute approximate surface area is 109 Å². The van der Waals surface area contributed by atoms with E-state index in [-0.39, 0.29) is 6.03 Å². The van der Waals surface area contributed by atoms with Gasteiger partial charge in [-0.3, -0.25) is 0 Å². The summed E-state index contributed by atoms with van der Waals surface area (Å²) >= 11 is 1.92. The highest BCUT2D eigenvalue weighted by atomic mass is 32.2. The van der Waals surface area contributed by atoms with Crippen molar-refractivity contribution < 1.29 is 4.79 Å². The van der Waals surface area contributed by atoms with Crippen LogP contribution in [0.3, 0.4) is 0 Å². The first-order valence-corrected chi connectivity index (χ1v) is 8.02. The van der Waals surface area contributed by atoms with Crippen LogP contribution in [0.5, 0.6) is 0 Å². The van der Waals surface area contributed by atoms with Gasteiger partial charge in [0.2, 0.25) is 0 Å². The minimum atomic E-state index is -0.00236. The van der Waals surface area contributed by atoms with E-state index in [4.69, 9.17) is 0 Å². The summed E-state index contributed by atoms with van der Waals surface area (Å²) < 4.78 is 0.292. The van der Waals surface area contributed by atoms with Crippen molar-refractivity contribution in [2.75, 3.05) is 19.3 Å². The molecule has 100 valence electrons. The molecule has 0 heterocycles. The van der Waals surface area contributed by atoms with Gasteiger partial charge in [-0.1, -0.05) is 32.6 Å². The van der Waals surface area contributed by atoms with Crippen molar-refractivity contribution in [2.24, 2.45) is 0 Å². The predicted molar refractivity (Wildman–Crippen MR) is 75.6 cm³/mol. The molecule has 1 fully saturated rings. The van der Waals surface area contributed by atoms with E-state index < -0.39 is 0 Å². The van der Waals surface area contributed by atoms with Crippen LogP contribution in [0, 0.1) is 0 Å². The van der Waals surface area contributed by atoms with E-state index in [1.54, 1.807) is 0 Å².